The summed E-state index contributed by atoms with van der Waals surface area (Å²) in [7, 11) is 0. The fraction of sp³-hybridized carbons (Fsp3) is 0.333. The summed E-state index contributed by atoms with van der Waals surface area (Å²) in [5, 5.41) is 12.2. The first kappa shape index (κ1) is 15.8. The molecule has 4 heteroatoms. The van der Waals surface area contributed by atoms with Crippen LogP contribution in [0.2, 0.25) is 0 Å². The molecule has 1 atom stereocenters. The van der Waals surface area contributed by atoms with E-state index >= 15 is 0 Å². The Morgan fingerprint density at radius 2 is 2.09 bits per heavy atom. The number of rotatable bonds is 4. The van der Waals surface area contributed by atoms with Gasteiger partial charge in [0.05, 0.1) is 5.56 Å². The highest BCUT2D eigenvalue weighted by molar-refractivity contribution is 5.96. The number of aryl methyl sites for hydroxylation is 2. The molecule has 1 amide bonds. The Hall–Kier alpha value is -2.54. The van der Waals surface area contributed by atoms with Crippen LogP contribution in [0.15, 0.2) is 30.5 Å². The maximum Gasteiger partial charge on any atom is 0.269 e. The number of hydrogen-bond acceptors (Lipinski definition) is 2. The van der Waals surface area contributed by atoms with Gasteiger partial charge in [0.2, 0.25) is 0 Å². The monoisotopic (exact) mass is 295 g/mol. The molecule has 1 heterocycles. The third kappa shape index (κ3) is 3.04. The molecule has 1 unspecified atom stereocenters. The van der Waals surface area contributed by atoms with Crippen LogP contribution < -0.4 is 5.32 Å². The van der Waals surface area contributed by atoms with Crippen LogP contribution >= 0.6 is 0 Å². The third-order valence-corrected chi connectivity index (χ3v) is 3.82. The van der Waals surface area contributed by atoms with Crippen molar-refractivity contribution in [3.05, 3.63) is 52.8 Å². The van der Waals surface area contributed by atoms with Crippen LogP contribution in [0.1, 0.15) is 47.4 Å². The maximum atomic E-state index is 12.5. The lowest BCUT2D eigenvalue weighted by Gasteiger charge is -2.15. The molecule has 2 aromatic rings. The number of nitrogens with one attached hydrogen (secondary N) is 1. The van der Waals surface area contributed by atoms with Gasteiger partial charge < -0.3 is 9.88 Å². The predicted octanol–water partition coefficient (Wildman–Crippen LogP) is 3.49. The fourth-order valence-corrected chi connectivity index (χ4v) is 2.42. The Morgan fingerprint density at radius 1 is 1.36 bits per heavy atom. The van der Waals surface area contributed by atoms with Crippen LogP contribution in [-0.4, -0.2) is 16.5 Å². The lowest BCUT2D eigenvalue weighted by atomic mass is 10.1. The molecule has 22 heavy (non-hydrogen) atoms. The number of carbonyl (C=O) groups excluding carboxylic acids is 1. The molecule has 0 fully saturated rings. The molecule has 1 aromatic heterocycles. The van der Waals surface area contributed by atoms with Crippen molar-refractivity contribution in [1.82, 2.24) is 9.88 Å². The predicted molar refractivity (Wildman–Crippen MR) is 87.2 cm³/mol. The minimum absolute atomic E-state index is 0.0708. The van der Waals surface area contributed by atoms with Gasteiger partial charge in [-0.3, -0.25) is 4.79 Å². The van der Waals surface area contributed by atoms with Crippen molar-refractivity contribution < 1.29 is 4.79 Å². The SMILES string of the molecule is CCC(C)NC(=O)c1c(C#N)ccn1-c1ccc(C)cc1C. The standard InChI is InChI=1S/C18H21N3O/c1-5-14(4)20-18(22)17-15(11-19)8-9-21(17)16-7-6-12(2)10-13(16)3/h6-10,14H,5H2,1-4H3,(H,20,22). The Bertz CT molecular complexity index is 737. The van der Waals surface area contributed by atoms with Crippen LogP contribution in [0, 0.1) is 25.2 Å². The summed E-state index contributed by atoms with van der Waals surface area (Å²) in [5.41, 5.74) is 3.94. The summed E-state index contributed by atoms with van der Waals surface area (Å²) < 4.78 is 1.80. The third-order valence-electron chi connectivity index (χ3n) is 3.82. The molecule has 4 nitrogen and oxygen atoms in total. The van der Waals surface area contributed by atoms with Crippen LogP contribution in [0.3, 0.4) is 0 Å². The van der Waals surface area contributed by atoms with Crippen LogP contribution in [0.25, 0.3) is 5.69 Å². The van der Waals surface area contributed by atoms with E-state index in [1.165, 1.54) is 5.56 Å². The molecule has 0 aliphatic carbocycles. The van der Waals surface area contributed by atoms with Crippen LogP contribution in [0.4, 0.5) is 0 Å². The van der Waals surface area contributed by atoms with Gasteiger partial charge in [0.15, 0.2) is 0 Å². The Morgan fingerprint density at radius 3 is 2.68 bits per heavy atom. The van der Waals surface area contributed by atoms with Crippen molar-refractivity contribution in [3.63, 3.8) is 0 Å². The number of amides is 1. The zero-order valence-electron chi connectivity index (χ0n) is 13.5. The Labute approximate surface area is 131 Å². The molecule has 2 rings (SSSR count). The Kier molecular flexibility index (Phi) is 4.67. The van der Waals surface area contributed by atoms with E-state index in [-0.39, 0.29) is 11.9 Å². The number of carbonyl (C=O) groups is 1. The highest BCUT2D eigenvalue weighted by Gasteiger charge is 2.20. The Balaban J connectivity index is 2.52. The zero-order chi connectivity index (χ0) is 16.3. The molecule has 0 spiro atoms. The second-order valence-corrected chi connectivity index (χ2v) is 5.63. The number of nitriles is 1. The first-order valence-electron chi connectivity index (χ1n) is 7.47. The highest BCUT2D eigenvalue weighted by Crippen LogP contribution is 2.21. The number of aromatic nitrogens is 1. The maximum absolute atomic E-state index is 12.5. The number of hydrogen-bond donors (Lipinski definition) is 1. The van der Waals surface area contributed by atoms with Crippen LogP contribution in [0.5, 0.6) is 0 Å². The molecular formula is C18H21N3O. The normalized spacial score (nSPS) is 11.8. The number of nitrogens with zero attached hydrogens (tertiary/aromatic N) is 2. The van der Waals surface area contributed by atoms with Crippen molar-refractivity contribution in [2.75, 3.05) is 0 Å². The second-order valence-electron chi connectivity index (χ2n) is 5.63. The summed E-state index contributed by atoms with van der Waals surface area (Å²) in [4.78, 5) is 12.5. The highest BCUT2D eigenvalue weighted by atomic mass is 16.2. The van der Waals surface area contributed by atoms with E-state index < -0.39 is 0 Å². The van der Waals surface area contributed by atoms with E-state index in [0.717, 1.165) is 17.7 Å². The molecule has 1 N–H and O–H groups in total. The summed E-state index contributed by atoms with van der Waals surface area (Å²) in [6.45, 7) is 8.00. The molecule has 0 bridgehead atoms. The molecule has 0 saturated carbocycles. The van der Waals surface area contributed by atoms with Gasteiger partial charge in [0.25, 0.3) is 5.91 Å². The second kappa shape index (κ2) is 6.48. The summed E-state index contributed by atoms with van der Waals surface area (Å²) in [6.07, 6.45) is 2.62. The van der Waals surface area contributed by atoms with Crippen molar-refractivity contribution in [1.29, 1.82) is 5.26 Å². The van der Waals surface area contributed by atoms with E-state index in [1.807, 2.05) is 39.8 Å². The zero-order valence-corrected chi connectivity index (χ0v) is 13.5. The smallest absolute Gasteiger partial charge is 0.269 e. The minimum Gasteiger partial charge on any atom is -0.348 e. The first-order valence-corrected chi connectivity index (χ1v) is 7.47. The average Bonchev–Trinajstić information content (AvgIpc) is 2.90. The topological polar surface area (TPSA) is 57.8 Å². The van der Waals surface area contributed by atoms with Gasteiger partial charge in [-0.1, -0.05) is 24.6 Å². The lowest BCUT2D eigenvalue weighted by Crippen LogP contribution is -2.33. The quantitative estimate of drug-likeness (QED) is 0.938. The fourth-order valence-electron chi connectivity index (χ4n) is 2.42. The summed E-state index contributed by atoms with van der Waals surface area (Å²) in [5.74, 6) is -0.212. The molecular weight excluding hydrogens is 274 g/mol. The lowest BCUT2D eigenvalue weighted by molar-refractivity contribution is 0.0932. The largest absolute Gasteiger partial charge is 0.348 e. The van der Waals surface area contributed by atoms with Crippen molar-refractivity contribution in [2.24, 2.45) is 0 Å². The molecule has 0 saturated heterocycles. The van der Waals surface area contributed by atoms with Gasteiger partial charge in [0, 0.05) is 17.9 Å². The average molecular weight is 295 g/mol. The molecule has 0 radical (unpaired) electrons. The molecule has 0 aliphatic rings. The van der Waals surface area contributed by atoms with E-state index in [1.54, 1.807) is 16.8 Å². The molecule has 0 aliphatic heterocycles. The van der Waals surface area contributed by atoms with Gasteiger partial charge in [0.1, 0.15) is 11.8 Å². The molecule has 1 aromatic carbocycles. The van der Waals surface area contributed by atoms with Gasteiger partial charge >= 0.3 is 0 Å². The van der Waals surface area contributed by atoms with Gasteiger partial charge in [-0.25, -0.2) is 0 Å². The summed E-state index contributed by atoms with van der Waals surface area (Å²) in [6, 6.07) is 9.91. The first-order chi connectivity index (χ1) is 10.5. The van der Waals surface area contributed by atoms with Gasteiger partial charge in [-0.2, -0.15) is 5.26 Å². The van der Waals surface area contributed by atoms with Gasteiger partial charge in [-0.15, -0.1) is 0 Å². The van der Waals surface area contributed by atoms with Gasteiger partial charge in [-0.05, 0) is 44.9 Å². The van der Waals surface area contributed by atoms with Crippen molar-refractivity contribution in [2.45, 2.75) is 40.2 Å². The van der Waals surface area contributed by atoms with Crippen molar-refractivity contribution >= 4 is 5.91 Å². The van der Waals surface area contributed by atoms with E-state index in [4.69, 9.17) is 0 Å². The molecule has 114 valence electrons. The van der Waals surface area contributed by atoms with E-state index in [0.29, 0.717) is 11.3 Å². The van der Waals surface area contributed by atoms with E-state index in [2.05, 4.69) is 17.5 Å². The number of benzene rings is 1. The van der Waals surface area contributed by atoms with Crippen molar-refractivity contribution in [3.8, 4) is 11.8 Å². The van der Waals surface area contributed by atoms with Crippen LogP contribution in [-0.2, 0) is 0 Å². The summed E-state index contributed by atoms with van der Waals surface area (Å²) >= 11 is 0. The minimum atomic E-state index is -0.212. The van der Waals surface area contributed by atoms with E-state index in [9.17, 15) is 10.1 Å².